The Morgan fingerprint density at radius 3 is 2.61 bits per heavy atom. The van der Waals surface area contributed by atoms with Crippen molar-refractivity contribution in [1.82, 2.24) is 20.0 Å². The molecule has 0 saturated heterocycles. The van der Waals surface area contributed by atoms with Gasteiger partial charge in [0.05, 0.1) is 6.20 Å². The third-order valence-corrected chi connectivity index (χ3v) is 2.95. The number of rotatable bonds is 8. The van der Waals surface area contributed by atoms with Crippen LogP contribution in [0.3, 0.4) is 0 Å². The Morgan fingerprint density at radius 2 is 2.11 bits per heavy atom. The first-order chi connectivity index (χ1) is 8.51. The average Bonchev–Trinajstić information content (AvgIpc) is 2.72. The molecule has 104 valence electrons. The first-order valence-corrected chi connectivity index (χ1v) is 6.90. The molecule has 1 atom stereocenters. The van der Waals surface area contributed by atoms with E-state index in [1.54, 1.807) is 0 Å². The van der Waals surface area contributed by atoms with Gasteiger partial charge in [-0.25, -0.2) is 0 Å². The van der Waals surface area contributed by atoms with Gasteiger partial charge in [0.1, 0.15) is 0 Å². The van der Waals surface area contributed by atoms with Gasteiger partial charge in [-0.3, -0.25) is 4.68 Å². The summed E-state index contributed by atoms with van der Waals surface area (Å²) in [5.41, 5.74) is 1.27. The quantitative estimate of drug-likeness (QED) is 0.768. The lowest BCUT2D eigenvalue weighted by Gasteiger charge is -2.23. The van der Waals surface area contributed by atoms with Gasteiger partial charge in [0.2, 0.25) is 0 Å². The van der Waals surface area contributed by atoms with Crippen LogP contribution >= 0.6 is 0 Å². The molecule has 4 nitrogen and oxygen atoms in total. The lowest BCUT2D eigenvalue weighted by molar-refractivity contribution is 0.305. The molecule has 1 N–H and O–H groups in total. The number of aromatic nitrogens is 2. The highest BCUT2D eigenvalue weighted by Crippen LogP contribution is 2.07. The van der Waals surface area contributed by atoms with E-state index in [1.807, 2.05) is 10.9 Å². The predicted octanol–water partition coefficient (Wildman–Crippen LogP) is 1.97. The van der Waals surface area contributed by atoms with Crippen molar-refractivity contribution in [3.8, 4) is 0 Å². The molecule has 1 aromatic rings. The molecule has 0 aliphatic carbocycles. The fraction of sp³-hybridized carbons (Fsp3) is 0.786. The van der Waals surface area contributed by atoms with E-state index in [1.165, 1.54) is 12.0 Å². The third kappa shape index (κ3) is 5.65. The van der Waals surface area contributed by atoms with E-state index in [0.717, 1.165) is 25.6 Å². The van der Waals surface area contributed by atoms with Gasteiger partial charge in [0.25, 0.3) is 0 Å². The zero-order chi connectivity index (χ0) is 13.5. The standard InChI is InChI=1S/C14H28N4/c1-6-18-10-13(9-16-18)8-15-14(7-12(2)3)11-17(4)5/h9-10,12,14-15H,6-8,11H2,1-5H3. The van der Waals surface area contributed by atoms with Crippen LogP contribution in [0.25, 0.3) is 0 Å². The summed E-state index contributed by atoms with van der Waals surface area (Å²) in [5.74, 6) is 0.723. The minimum absolute atomic E-state index is 0.546. The van der Waals surface area contributed by atoms with Crippen LogP contribution in [0.2, 0.25) is 0 Å². The SMILES string of the molecule is CCn1cc(CNC(CC(C)C)CN(C)C)cn1. The van der Waals surface area contributed by atoms with Crippen LogP contribution in [0.15, 0.2) is 12.4 Å². The Hall–Kier alpha value is -0.870. The van der Waals surface area contributed by atoms with Gasteiger partial charge in [0, 0.05) is 37.4 Å². The fourth-order valence-electron chi connectivity index (χ4n) is 2.17. The van der Waals surface area contributed by atoms with Crippen LogP contribution in [0, 0.1) is 5.92 Å². The van der Waals surface area contributed by atoms with Gasteiger partial charge in [-0.15, -0.1) is 0 Å². The van der Waals surface area contributed by atoms with Crippen molar-refractivity contribution >= 4 is 0 Å². The Balaban J connectivity index is 2.44. The van der Waals surface area contributed by atoms with Crippen molar-refractivity contribution in [2.45, 2.75) is 46.3 Å². The second-order valence-corrected chi connectivity index (χ2v) is 5.67. The number of aryl methyl sites for hydroxylation is 1. The molecule has 1 aromatic heterocycles. The number of hydrogen-bond donors (Lipinski definition) is 1. The summed E-state index contributed by atoms with van der Waals surface area (Å²) < 4.78 is 1.97. The largest absolute Gasteiger partial charge is 0.309 e. The summed E-state index contributed by atoms with van der Waals surface area (Å²) in [6.07, 6.45) is 5.29. The third-order valence-electron chi connectivity index (χ3n) is 2.95. The van der Waals surface area contributed by atoms with Crippen molar-refractivity contribution in [3.63, 3.8) is 0 Å². The lowest BCUT2D eigenvalue weighted by atomic mass is 10.0. The topological polar surface area (TPSA) is 33.1 Å². The van der Waals surface area contributed by atoms with Gasteiger partial charge in [-0.1, -0.05) is 13.8 Å². The average molecular weight is 252 g/mol. The molecule has 0 bridgehead atoms. The summed E-state index contributed by atoms with van der Waals surface area (Å²) in [4.78, 5) is 2.25. The van der Waals surface area contributed by atoms with Gasteiger partial charge in [-0.2, -0.15) is 5.10 Å². The van der Waals surface area contributed by atoms with E-state index >= 15 is 0 Å². The molecule has 0 aromatic carbocycles. The van der Waals surface area contributed by atoms with Crippen LogP contribution in [-0.4, -0.2) is 41.4 Å². The fourth-order valence-corrected chi connectivity index (χ4v) is 2.17. The zero-order valence-corrected chi connectivity index (χ0v) is 12.5. The molecule has 18 heavy (non-hydrogen) atoms. The normalized spacial score (nSPS) is 13.5. The van der Waals surface area contributed by atoms with Crippen molar-refractivity contribution in [1.29, 1.82) is 0 Å². The van der Waals surface area contributed by atoms with Gasteiger partial charge < -0.3 is 10.2 Å². The molecule has 4 heteroatoms. The molecular formula is C14H28N4. The highest BCUT2D eigenvalue weighted by atomic mass is 15.3. The van der Waals surface area contributed by atoms with Gasteiger partial charge in [-0.05, 0) is 33.4 Å². The van der Waals surface area contributed by atoms with Crippen molar-refractivity contribution < 1.29 is 0 Å². The number of nitrogens with zero attached hydrogens (tertiary/aromatic N) is 3. The highest BCUT2D eigenvalue weighted by molar-refractivity contribution is 5.03. The molecule has 0 fully saturated rings. The molecule has 1 heterocycles. The van der Waals surface area contributed by atoms with Crippen LogP contribution < -0.4 is 5.32 Å². The molecular weight excluding hydrogens is 224 g/mol. The summed E-state index contributed by atoms with van der Waals surface area (Å²) in [6.45, 7) is 9.59. The number of hydrogen-bond acceptors (Lipinski definition) is 3. The zero-order valence-electron chi connectivity index (χ0n) is 12.5. The first kappa shape index (κ1) is 15.2. The lowest BCUT2D eigenvalue weighted by Crippen LogP contribution is -2.38. The van der Waals surface area contributed by atoms with Gasteiger partial charge in [0.15, 0.2) is 0 Å². The molecule has 1 rings (SSSR count). The molecule has 0 radical (unpaired) electrons. The summed E-state index contributed by atoms with van der Waals surface area (Å²) in [7, 11) is 4.26. The summed E-state index contributed by atoms with van der Waals surface area (Å²) in [5, 5.41) is 7.94. The Labute approximate surface area is 111 Å². The van der Waals surface area contributed by atoms with Crippen molar-refractivity contribution in [3.05, 3.63) is 18.0 Å². The predicted molar refractivity (Wildman–Crippen MR) is 76.5 cm³/mol. The van der Waals surface area contributed by atoms with Crippen molar-refractivity contribution in [2.75, 3.05) is 20.6 Å². The van der Waals surface area contributed by atoms with E-state index in [2.05, 4.69) is 56.4 Å². The van der Waals surface area contributed by atoms with Crippen LogP contribution in [-0.2, 0) is 13.1 Å². The number of likely N-dealkylation sites (N-methyl/N-ethyl adjacent to an activating group) is 1. The molecule has 1 unspecified atom stereocenters. The molecule has 0 spiro atoms. The Kier molecular flexibility index (Phi) is 6.36. The minimum atomic E-state index is 0.546. The second kappa shape index (κ2) is 7.54. The maximum atomic E-state index is 4.30. The van der Waals surface area contributed by atoms with Crippen LogP contribution in [0.5, 0.6) is 0 Å². The molecule has 0 aliphatic heterocycles. The molecule has 0 aliphatic rings. The Bertz CT molecular complexity index is 320. The minimum Gasteiger partial charge on any atom is -0.309 e. The summed E-state index contributed by atoms with van der Waals surface area (Å²) >= 11 is 0. The van der Waals surface area contributed by atoms with E-state index in [9.17, 15) is 0 Å². The molecule has 0 saturated carbocycles. The maximum Gasteiger partial charge on any atom is 0.0534 e. The highest BCUT2D eigenvalue weighted by Gasteiger charge is 2.11. The van der Waals surface area contributed by atoms with E-state index in [-0.39, 0.29) is 0 Å². The van der Waals surface area contributed by atoms with Crippen LogP contribution in [0.4, 0.5) is 0 Å². The monoisotopic (exact) mass is 252 g/mol. The molecule has 0 amide bonds. The summed E-state index contributed by atoms with van der Waals surface area (Å²) in [6, 6.07) is 0.546. The van der Waals surface area contributed by atoms with E-state index in [0.29, 0.717) is 6.04 Å². The Morgan fingerprint density at radius 1 is 1.39 bits per heavy atom. The second-order valence-electron chi connectivity index (χ2n) is 5.67. The maximum absolute atomic E-state index is 4.30. The van der Waals surface area contributed by atoms with E-state index in [4.69, 9.17) is 0 Å². The van der Waals surface area contributed by atoms with E-state index < -0.39 is 0 Å². The smallest absolute Gasteiger partial charge is 0.0534 e. The van der Waals surface area contributed by atoms with Gasteiger partial charge >= 0.3 is 0 Å². The van der Waals surface area contributed by atoms with Crippen LogP contribution in [0.1, 0.15) is 32.8 Å². The first-order valence-electron chi connectivity index (χ1n) is 6.90. The number of nitrogens with one attached hydrogen (secondary N) is 1. The van der Waals surface area contributed by atoms with Crippen molar-refractivity contribution in [2.24, 2.45) is 5.92 Å².